The number of rotatable bonds is 3. The summed E-state index contributed by atoms with van der Waals surface area (Å²) < 4.78 is 13.2. The zero-order valence-corrected chi connectivity index (χ0v) is 19.6. The molecule has 4 aliphatic carbocycles. The molecular weight excluding hydrogens is 385 g/mol. The van der Waals surface area contributed by atoms with E-state index in [1.807, 2.05) is 0 Å². The van der Waals surface area contributed by atoms with Crippen LogP contribution in [0.5, 0.6) is 0 Å². The quantitative estimate of drug-likeness (QED) is 0.564. The molecule has 0 saturated heterocycles. The third kappa shape index (κ3) is 3.74. The number of benzene rings is 1. The monoisotopic (exact) mass is 425 g/mol. The minimum absolute atomic E-state index is 0.0648. The zero-order chi connectivity index (χ0) is 21.8. The van der Waals surface area contributed by atoms with E-state index in [1.54, 1.807) is 12.1 Å². The number of fused-ring (bicyclic) bond motifs is 5. The van der Waals surface area contributed by atoms with E-state index in [4.69, 9.17) is 0 Å². The Morgan fingerprint density at radius 1 is 1.00 bits per heavy atom. The molecule has 4 aliphatic rings. The maximum Gasteiger partial charge on any atom is 0.251 e. The highest BCUT2D eigenvalue weighted by Gasteiger charge is 2.57. The van der Waals surface area contributed by atoms with Gasteiger partial charge in [-0.05, 0) is 129 Å². The molecule has 1 N–H and O–H groups in total. The van der Waals surface area contributed by atoms with Gasteiger partial charge in [-0.15, -0.1) is 0 Å². The molecule has 1 aromatic carbocycles. The van der Waals surface area contributed by atoms with Crippen molar-refractivity contribution in [2.24, 2.45) is 46.8 Å². The zero-order valence-electron chi connectivity index (χ0n) is 19.6. The van der Waals surface area contributed by atoms with Gasteiger partial charge in [0.05, 0.1) is 0 Å². The van der Waals surface area contributed by atoms with E-state index in [1.165, 1.54) is 69.9 Å². The van der Waals surface area contributed by atoms with Crippen LogP contribution in [0, 0.1) is 52.7 Å². The van der Waals surface area contributed by atoms with Crippen LogP contribution in [0.2, 0.25) is 0 Å². The fraction of sp³-hybridized carbons (Fsp3) is 0.750. The molecular formula is C28H40FNO. The molecule has 3 unspecified atom stereocenters. The Labute approximate surface area is 187 Å². The maximum atomic E-state index is 13.2. The number of hydrogen-bond acceptors (Lipinski definition) is 1. The van der Waals surface area contributed by atoms with Crippen molar-refractivity contribution < 1.29 is 9.18 Å². The van der Waals surface area contributed by atoms with Crippen LogP contribution in [-0.4, -0.2) is 11.9 Å². The number of amides is 1. The van der Waals surface area contributed by atoms with Crippen molar-refractivity contribution in [2.45, 2.75) is 84.6 Å². The van der Waals surface area contributed by atoms with Crippen LogP contribution in [0.4, 0.5) is 4.39 Å². The minimum Gasteiger partial charge on any atom is -0.349 e. The average Bonchev–Trinajstić information content (AvgIpc) is 3.11. The van der Waals surface area contributed by atoms with Crippen molar-refractivity contribution in [3.8, 4) is 0 Å². The Kier molecular flexibility index (Phi) is 5.67. The first-order chi connectivity index (χ1) is 14.9. The number of carbonyl (C=O) groups excluding carboxylic acids is 1. The van der Waals surface area contributed by atoms with Crippen LogP contribution < -0.4 is 5.32 Å². The summed E-state index contributed by atoms with van der Waals surface area (Å²) in [7, 11) is 0. The van der Waals surface area contributed by atoms with E-state index in [2.05, 4.69) is 26.1 Å². The van der Waals surface area contributed by atoms with Crippen LogP contribution in [0.1, 0.15) is 88.9 Å². The van der Waals surface area contributed by atoms with Gasteiger partial charge in [0, 0.05) is 11.6 Å². The average molecular weight is 426 g/mol. The molecule has 9 atom stereocenters. The molecule has 0 heterocycles. The van der Waals surface area contributed by atoms with Crippen LogP contribution in [0.3, 0.4) is 0 Å². The van der Waals surface area contributed by atoms with Crippen molar-refractivity contribution in [3.63, 3.8) is 0 Å². The Balaban J connectivity index is 1.28. The SMILES string of the molecule is C[C@H]1CC[C@@H]2C3CC[C@@]4(C)C(CCC4[C@H](C)NC(=O)c4ccc(F)cc4)[C@@H]3CC[C@@H]2C1. The Hall–Kier alpha value is -1.38. The van der Waals surface area contributed by atoms with Gasteiger partial charge in [-0.1, -0.05) is 20.3 Å². The predicted molar refractivity (Wildman–Crippen MR) is 123 cm³/mol. The lowest BCUT2D eigenvalue weighted by Crippen LogP contribution is -2.51. The van der Waals surface area contributed by atoms with Gasteiger partial charge in [0.1, 0.15) is 5.82 Å². The van der Waals surface area contributed by atoms with Crippen LogP contribution in [0.25, 0.3) is 0 Å². The molecule has 0 aliphatic heterocycles. The largest absolute Gasteiger partial charge is 0.349 e. The lowest BCUT2D eigenvalue weighted by molar-refractivity contribution is -0.0698. The molecule has 2 nitrogen and oxygen atoms in total. The van der Waals surface area contributed by atoms with Gasteiger partial charge < -0.3 is 5.32 Å². The second-order valence-corrected chi connectivity index (χ2v) is 11.9. The molecule has 3 heteroatoms. The molecule has 1 amide bonds. The van der Waals surface area contributed by atoms with Crippen LogP contribution >= 0.6 is 0 Å². The van der Waals surface area contributed by atoms with Crippen LogP contribution in [-0.2, 0) is 0 Å². The molecule has 0 radical (unpaired) electrons. The standard InChI is InChI=1S/C28H40FNO/c1-17-4-10-22-20(16-17)7-11-24-23(22)14-15-28(3)25(12-13-26(24)28)18(2)30-27(31)19-5-8-21(29)9-6-19/h5-6,8-9,17-18,20,22-26H,4,7,10-16H2,1-3H3,(H,30,31)/t17-,18-,20+,22-,23?,24+,25?,26?,28+/m0/s1. The minimum atomic E-state index is -0.297. The van der Waals surface area contributed by atoms with Gasteiger partial charge in [0.2, 0.25) is 0 Å². The second-order valence-electron chi connectivity index (χ2n) is 11.9. The van der Waals surface area contributed by atoms with Crippen LogP contribution in [0.15, 0.2) is 24.3 Å². The number of nitrogens with one attached hydrogen (secondary N) is 1. The van der Waals surface area contributed by atoms with E-state index in [0.717, 1.165) is 35.5 Å². The normalized spacial score (nSPS) is 42.8. The smallest absolute Gasteiger partial charge is 0.251 e. The van der Waals surface area contributed by atoms with Gasteiger partial charge in [-0.3, -0.25) is 4.79 Å². The Bertz CT molecular complexity index is 806. The van der Waals surface area contributed by atoms with Crippen molar-refractivity contribution >= 4 is 5.91 Å². The van der Waals surface area contributed by atoms with Gasteiger partial charge in [0.15, 0.2) is 0 Å². The predicted octanol–water partition coefficient (Wildman–Crippen LogP) is 6.85. The molecule has 0 spiro atoms. The summed E-state index contributed by atoms with van der Waals surface area (Å²) in [5.74, 6) is 5.83. The van der Waals surface area contributed by atoms with E-state index in [-0.39, 0.29) is 17.8 Å². The summed E-state index contributed by atoms with van der Waals surface area (Å²) in [5.41, 5.74) is 0.910. The third-order valence-electron chi connectivity index (χ3n) is 10.4. The summed E-state index contributed by atoms with van der Waals surface area (Å²) in [6, 6.07) is 6.08. The fourth-order valence-corrected chi connectivity index (χ4v) is 8.94. The molecule has 31 heavy (non-hydrogen) atoms. The molecule has 170 valence electrons. The van der Waals surface area contributed by atoms with Crippen molar-refractivity contribution in [3.05, 3.63) is 35.6 Å². The summed E-state index contributed by atoms with van der Waals surface area (Å²) >= 11 is 0. The number of hydrogen-bond donors (Lipinski definition) is 1. The van der Waals surface area contributed by atoms with Gasteiger partial charge >= 0.3 is 0 Å². The third-order valence-corrected chi connectivity index (χ3v) is 10.4. The highest BCUT2D eigenvalue weighted by molar-refractivity contribution is 5.94. The maximum absolute atomic E-state index is 13.2. The molecule has 0 aromatic heterocycles. The van der Waals surface area contributed by atoms with E-state index in [9.17, 15) is 9.18 Å². The van der Waals surface area contributed by atoms with Crippen molar-refractivity contribution in [2.75, 3.05) is 0 Å². The Morgan fingerprint density at radius 2 is 1.74 bits per heavy atom. The van der Waals surface area contributed by atoms with Crippen molar-refractivity contribution in [1.82, 2.24) is 5.32 Å². The fourth-order valence-electron chi connectivity index (χ4n) is 8.94. The van der Waals surface area contributed by atoms with Crippen molar-refractivity contribution in [1.29, 1.82) is 0 Å². The summed E-state index contributed by atoms with van der Waals surface area (Å²) in [6.07, 6.45) is 12.6. The molecule has 5 rings (SSSR count). The lowest BCUT2D eigenvalue weighted by atomic mass is 9.49. The highest BCUT2D eigenvalue weighted by atomic mass is 19.1. The van der Waals surface area contributed by atoms with Gasteiger partial charge in [0.25, 0.3) is 5.91 Å². The molecule has 0 bridgehead atoms. The summed E-state index contributed by atoms with van der Waals surface area (Å²) in [6.45, 7) is 7.20. The second kappa shape index (κ2) is 8.19. The Morgan fingerprint density at radius 3 is 2.52 bits per heavy atom. The summed E-state index contributed by atoms with van der Waals surface area (Å²) in [4.78, 5) is 12.8. The first-order valence-electron chi connectivity index (χ1n) is 12.9. The topological polar surface area (TPSA) is 29.1 Å². The number of carbonyl (C=O) groups is 1. The molecule has 1 aromatic rings. The van der Waals surface area contributed by atoms with E-state index in [0.29, 0.717) is 16.9 Å². The lowest BCUT2D eigenvalue weighted by Gasteiger charge is -2.56. The van der Waals surface area contributed by atoms with E-state index < -0.39 is 0 Å². The van der Waals surface area contributed by atoms with Gasteiger partial charge in [-0.2, -0.15) is 0 Å². The van der Waals surface area contributed by atoms with E-state index >= 15 is 0 Å². The highest BCUT2D eigenvalue weighted by Crippen LogP contribution is 2.64. The summed E-state index contributed by atoms with van der Waals surface area (Å²) in [5, 5.41) is 3.28. The molecule has 4 fully saturated rings. The first-order valence-corrected chi connectivity index (χ1v) is 12.9. The number of halogens is 1. The van der Waals surface area contributed by atoms with Gasteiger partial charge in [-0.25, -0.2) is 4.39 Å². The first kappa shape index (κ1) is 21.5. The molecule has 4 saturated carbocycles.